The lowest BCUT2D eigenvalue weighted by Gasteiger charge is -2.21. The first-order valence-electron chi connectivity index (χ1n) is 6.92. The SMILES string of the molecule is CCOc1ccc(Br)cc1C(NC)c1ccc(Cl)c(C)c1. The van der Waals surface area contributed by atoms with Crippen LogP contribution in [-0.4, -0.2) is 13.7 Å². The van der Waals surface area contributed by atoms with E-state index in [4.69, 9.17) is 16.3 Å². The molecule has 0 bridgehead atoms. The van der Waals surface area contributed by atoms with Crippen LogP contribution in [0.5, 0.6) is 5.75 Å². The number of hydrogen-bond donors (Lipinski definition) is 1. The molecule has 112 valence electrons. The molecular weight excluding hydrogens is 350 g/mol. The summed E-state index contributed by atoms with van der Waals surface area (Å²) >= 11 is 9.67. The monoisotopic (exact) mass is 367 g/mol. The topological polar surface area (TPSA) is 21.3 Å². The van der Waals surface area contributed by atoms with Crippen LogP contribution in [0.3, 0.4) is 0 Å². The van der Waals surface area contributed by atoms with Crippen LogP contribution in [-0.2, 0) is 0 Å². The first-order chi connectivity index (χ1) is 10.1. The zero-order valence-electron chi connectivity index (χ0n) is 12.4. The van der Waals surface area contributed by atoms with Gasteiger partial charge in [-0.3, -0.25) is 0 Å². The van der Waals surface area contributed by atoms with Crippen molar-refractivity contribution in [1.29, 1.82) is 0 Å². The lowest BCUT2D eigenvalue weighted by atomic mass is 9.96. The van der Waals surface area contributed by atoms with E-state index in [1.54, 1.807) is 0 Å². The molecule has 0 saturated carbocycles. The summed E-state index contributed by atoms with van der Waals surface area (Å²) in [6, 6.07) is 12.2. The Morgan fingerprint density at radius 2 is 2.00 bits per heavy atom. The van der Waals surface area contributed by atoms with Gasteiger partial charge in [-0.25, -0.2) is 0 Å². The number of aryl methyl sites for hydroxylation is 1. The van der Waals surface area contributed by atoms with Gasteiger partial charge in [0.25, 0.3) is 0 Å². The van der Waals surface area contributed by atoms with E-state index in [1.165, 1.54) is 5.56 Å². The number of rotatable bonds is 5. The fourth-order valence-corrected chi connectivity index (χ4v) is 2.88. The second kappa shape index (κ2) is 7.30. The molecule has 0 spiro atoms. The van der Waals surface area contributed by atoms with Gasteiger partial charge in [-0.1, -0.05) is 39.7 Å². The van der Waals surface area contributed by atoms with E-state index >= 15 is 0 Å². The van der Waals surface area contributed by atoms with Crippen molar-refractivity contribution in [2.45, 2.75) is 19.9 Å². The minimum atomic E-state index is 0.0556. The van der Waals surface area contributed by atoms with Crippen LogP contribution in [0.15, 0.2) is 40.9 Å². The highest BCUT2D eigenvalue weighted by atomic mass is 79.9. The molecule has 0 fully saturated rings. The quantitative estimate of drug-likeness (QED) is 0.791. The Balaban J connectivity index is 2.49. The van der Waals surface area contributed by atoms with Crippen LogP contribution in [0.1, 0.15) is 29.7 Å². The van der Waals surface area contributed by atoms with Crippen LogP contribution in [0.25, 0.3) is 0 Å². The molecule has 4 heteroatoms. The third kappa shape index (κ3) is 3.79. The minimum Gasteiger partial charge on any atom is -0.494 e. The molecule has 21 heavy (non-hydrogen) atoms. The van der Waals surface area contributed by atoms with E-state index in [2.05, 4.69) is 33.4 Å². The Bertz CT molecular complexity index is 630. The largest absolute Gasteiger partial charge is 0.494 e. The Labute approximate surface area is 139 Å². The van der Waals surface area contributed by atoms with Gasteiger partial charge >= 0.3 is 0 Å². The molecule has 0 amide bonds. The fourth-order valence-electron chi connectivity index (χ4n) is 2.38. The summed E-state index contributed by atoms with van der Waals surface area (Å²) in [4.78, 5) is 0. The summed E-state index contributed by atoms with van der Waals surface area (Å²) in [5, 5.41) is 4.15. The lowest BCUT2D eigenvalue weighted by Crippen LogP contribution is -2.19. The smallest absolute Gasteiger partial charge is 0.124 e. The maximum absolute atomic E-state index is 6.13. The number of benzene rings is 2. The van der Waals surface area contributed by atoms with Gasteiger partial charge in [0.1, 0.15) is 5.75 Å². The van der Waals surface area contributed by atoms with E-state index in [0.717, 1.165) is 26.4 Å². The average Bonchev–Trinajstić information content (AvgIpc) is 2.46. The Kier molecular flexibility index (Phi) is 5.68. The molecule has 2 aromatic rings. The molecule has 2 nitrogen and oxygen atoms in total. The van der Waals surface area contributed by atoms with E-state index in [1.807, 2.05) is 45.2 Å². The second-order valence-electron chi connectivity index (χ2n) is 4.85. The van der Waals surface area contributed by atoms with E-state index in [-0.39, 0.29) is 6.04 Å². The number of ether oxygens (including phenoxy) is 1. The molecular formula is C17H19BrClNO. The predicted octanol–water partition coefficient (Wildman–Crippen LogP) is 5.12. The molecule has 1 atom stereocenters. The number of nitrogens with one attached hydrogen (secondary N) is 1. The molecule has 0 heterocycles. The summed E-state index contributed by atoms with van der Waals surface area (Å²) in [6.45, 7) is 4.65. The number of hydrogen-bond acceptors (Lipinski definition) is 2. The van der Waals surface area contributed by atoms with Gasteiger partial charge in [0.15, 0.2) is 0 Å². The van der Waals surface area contributed by atoms with Crippen molar-refractivity contribution >= 4 is 27.5 Å². The zero-order valence-corrected chi connectivity index (χ0v) is 14.8. The van der Waals surface area contributed by atoms with Gasteiger partial charge in [0, 0.05) is 15.1 Å². The first kappa shape index (κ1) is 16.3. The standard InChI is InChI=1S/C17H19BrClNO/c1-4-21-16-8-6-13(18)10-14(16)17(20-3)12-5-7-15(19)11(2)9-12/h5-10,17,20H,4H2,1-3H3. The van der Waals surface area contributed by atoms with Crippen LogP contribution >= 0.6 is 27.5 Å². The molecule has 2 rings (SSSR count). The van der Waals surface area contributed by atoms with Crippen molar-refractivity contribution < 1.29 is 4.74 Å². The first-order valence-corrected chi connectivity index (χ1v) is 8.09. The summed E-state index contributed by atoms with van der Waals surface area (Å²) in [7, 11) is 1.95. The third-order valence-corrected chi connectivity index (χ3v) is 4.30. The normalized spacial score (nSPS) is 12.2. The van der Waals surface area contributed by atoms with Crippen molar-refractivity contribution in [3.05, 3.63) is 62.6 Å². The van der Waals surface area contributed by atoms with Crippen molar-refractivity contribution in [3.63, 3.8) is 0 Å². The van der Waals surface area contributed by atoms with Gasteiger partial charge in [-0.15, -0.1) is 0 Å². The Morgan fingerprint density at radius 1 is 1.24 bits per heavy atom. The summed E-state index contributed by atoms with van der Waals surface area (Å²) < 4.78 is 6.80. The lowest BCUT2D eigenvalue weighted by molar-refractivity contribution is 0.334. The number of halogens is 2. The van der Waals surface area contributed by atoms with Gasteiger partial charge in [0.2, 0.25) is 0 Å². The maximum Gasteiger partial charge on any atom is 0.124 e. The predicted molar refractivity (Wildman–Crippen MR) is 92.4 cm³/mol. The average molecular weight is 369 g/mol. The van der Waals surface area contributed by atoms with E-state index < -0.39 is 0 Å². The molecule has 0 radical (unpaired) electrons. The molecule has 0 aliphatic rings. The van der Waals surface area contributed by atoms with E-state index in [0.29, 0.717) is 6.61 Å². The molecule has 0 saturated heterocycles. The molecule has 1 N–H and O–H groups in total. The van der Waals surface area contributed by atoms with Crippen molar-refractivity contribution in [1.82, 2.24) is 5.32 Å². The maximum atomic E-state index is 6.13. The highest BCUT2D eigenvalue weighted by Gasteiger charge is 2.18. The summed E-state index contributed by atoms with van der Waals surface area (Å²) in [5.74, 6) is 0.896. The minimum absolute atomic E-state index is 0.0556. The Hall–Kier alpha value is -1.03. The second-order valence-corrected chi connectivity index (χ2v) is 6.17. The van der Waals surface area contributed by atoms with Crippen molar-refractivity contribution in [2.24, 2.45) is 0 Å². The van der Waals surface area contributed by atoms with Gasteiger partial charge in [-0.05, 0) is 56.3 Å². The molecule has 0 aliphatic carbocycles. The van der Waals surface area contributed by atoms with Crippen molar-refractivity contribution in [2.75, 3.05) is 13.7 Å². The highest BCUT2D eigenvalue weighted by molar-refractivity contribution is 9.10. The summed E-state index contributed by atoms with van der Waals surface area (Å²) in [6.07, 6.45) is 0. The van der Waals surface area contributed by atoms with Crippen LogP contribution in [0.4, 0.5) is 0 Å². The molecule has 0 aliphatic heterocycles. The molecule has 1 unspecified atom stereocenters. The van der Waals surface area contributed by atoms with Crippen molar-refractivity contribution in [3.8, 4) is 5.75 Å². The third-order valence-electron chi connectivity index (χ3n) is 3.39. The Morgan fingerprint density at radius 3 is 2.62 bits per heavy atom. The fraction of sp³-hybridized carbons (Fsp3) is 0.294. The van der Waals surface area contributed by atoms with Crippen LogP contribution in [0.2, 0.25) is 5.02 Å². The highest BCUT2D eigenvalue weighted by Crippen LogP contribution is 2.33. The van der Waals surface area contributed by atoms with Gasteiger partial charge in [0.05, 0.1) is 12.6 Å². The molecule has 2 aromatic carbocycles. The summed E-state index contributed by atoms with van der Waals surface area (Å²) in [5.41, 5.74) is 3.34. The van der Waals surface area contributed by atoms with E-state index in [9.17, 15) is 0 Å². The van der Waals surface area contributed by atoms with Gasteiger partial charge in [-0.2, -0.15) is 0 Å². The molecule has 0 aromatic heterocycles. The van der Waals surface area contributed by atoms with Gasteiger partial charge < -0.3 is 10.1 Å². The van der Waals surface area contributed by atoms with Crippen LogP contribution < -0.4 is 10.1 Å². The van der Waals surface area contributed by atoms with Crippen LogP contribution in [0, 0.1) is 6.92 Å². The zero-order chi connectivity index (χ0) is 15.4.